The van der Waals surface area contributed by atoms with E-state index in [0.29, 0.717) is 16.9 Å². The molecule has 0 fully saturated rings. The highest BCUT2D eigenvalue weighted by atomic mass is 32.2. The largest absolute Gasteiger partial charge is 0.397 e. The molecule has 3 rings (SSSR count). The van der Waals surface area contributed by atoms with E-state index in [-0.39, 0.29) is 30.2 Å². The van der Waals surface area contributed by atoms with Gasteiger partial charge in [-0.15, -0.1) is 11.3 Å². The fourth-order valence-electron chi connectivity index (χ4n) is 3.10. The molecule has 3 aromatic rings. The molecule has 0 saturated heterocycles. The topological polar surface area (TPSA) is 116 Å². The van der Waals surface area contributed by atoms with Crippen molar-refractivity contribution in [1.82, 2.24) is 0 Å². The molecule has 1 aromatic heterocycles. The summed E-state index contributed by atoms with van der Waals surface area (Å²) in [6.45, 7) is 2.94. The number of nitrogen functional groups attached to an aromatic ring is 1. The quantitative estimate of drug-likeness (QED) is 0.292. The van der Waals surface area contributed by atoms with Gasteiger partial charge in [0.05, 0.1) is 23.7 Å². The third-order valence-corrected chi connectivity index (χ3v) is 9.25. The van der Waals surface area contributed by atoms with Crippen LogP contribution in [0.15, 0.2) is 60.0 Å². The van der Waals surface area contributed by atoms with Crippen LogP contribution in [-0.4, -0.2) is 39.1 Å². The fraction of sp³-hybridized carbons (Fsp3) is 0.261. The van der Waals surface area contributed by atoms with Gasteiger partial charge in [0, 0.05) is 29.0 Å². The van der Waals surface area contributed by atoms with Gasteiger partial charge in [0.1, 0.15) is 0 Å². The lowest BCUT2D eigenvalue weighted by molar-refractivity contribution is 0.102. The molecular weight excluding hydrogens is 479 g/mol. The van der Waals surface area contributed by atoms with Crippen molar-refractivity contribution in [2.75, 3.05) is 35.8 Å². The van der Waals surface area contributed by atoms with Crippen molar-refractivity contribution in [3.8, 4) is 10.4 Å². The molecule has 1 atom stereocenters. The molecule has 0 aliphatic carbocycles. The summed E-state index contributed by atoms with van der Waals surface area (Å²) in [6.07, 6.45) is 0.150. The van der Waals surface area contributed by atoms with Crippen LogP contribution in [0.1, 0.15) is 22.8 Å². The van der Waals surface area contributed by atoms with E-state index in [1.807, 2.05) is 29.6 Å². The molecule has 7 nitrogen and oxygen atoms in total. The van der Waals surface area contributed by atoms with Crippen molar-refractivity contribution in [2.24, 2.45) is 0 Å². The van der Waals surface area contributed by atoms with Gasteiger partial charge in [-0.3, -0.25) is 9.36 Å². The zero-order chi connectivity index (χ0) is 24.1. The van der Waals surface area contributed by atoms with Crippen molar-refractivity contribution in [3.63, 3.8) is 0 Å². The van der Waals surface area contributed by atoms with E-state index in [2.05, 4.69) is 5.32 Å². The third kappa shape index (κ3) is 7.27. The molecule has 10 heteroatoms. The van der Waals surface area contributed by atoms with Gasteiger partial charge >= 0.3 is 0 Å². The number of carbonyl (C=O) groups excluding carboxylic acids is 1. The van der Waals surface area contributed by atoms with Gasteiger partial charge < -0.3 is 15.6 Å². The van der Waals surface area contributed by atoms with Gasteiger partial charge in [-0.25, -0.2) is 8.42 Å². The monoisotopic (exact) mass is 506 g/mol. The number of hydrogen-bond acceptors (Lipinski definition) is 7. The molecule has 0 aliphatic heterocycles. The number of rotatable bonds is 10. The number of nitrogens with two attached hydrogens (primary N) is 1. The van der Waals surface area contributed by atoms with E-state index in [1.165, 1.54) is 6.66 Å². The predicted octanol–water partition coefficient (Wildman–Crippen LogP) is 5.11. The molecule has 1 amide bonds. The van der Waals surface area contributed by atoms with Crippen LogP contribution < -0.4 is 11.1 Å². The maximum atomic E-state index is 12.7. The first kappa shape index (κ1) is 25.2. The predicted molar refractivity (Wildman–Crippen MR) is 136 cm³/mol. The zero-order valence-corrected chi connectivity index (χ0v) is 21.0. The van der Waals surface area contributed by atoms with E-state index in [0.717, 1.165) is 16.0 Å². The SMILES string of the molecule is CCS(=O)(=O)CCOP(C)(=O)Cc1ccc(C(=O)Nc2cc(-c3cccs3)ccc2N)cc1. The number of sulfone groups is 1. The normalized spacial score (nSPS) is 13.4. The Balaban J connectivity index is 1.62. The standard InChI is InChI=1S/C23H27N2O5PS2/c1-3-33(28,29)14-12-30-31(2,27)16-17-6-8-18(9-7-17)23(26)25-21-15-19(10-11-20(21)24)22-5-4-13-32-22/h4-11,13,15H,3,12,14,16,24H2,1-2H3,(H,25,26). The minimum absolute atomic E-state index is 0.0257. The number of amides is 1. The average Bonchev–Trinajstić information content (AvgIpc) is 3.30. The van der Waals surface area contributed by atoms with Crippen molar-refractivity contribution in [2.45, 2.75) is 13.1 Å². The molecule has 1 heterocycles. The van der Waals surface area contributed by atoms with Gasteiger partial charge in [0.15, 0.2) is 9.84 Å². The minimum atomic E-state index is -3.17. The first-order chi connectivity index (χ1) is 15.6. The maximum absolute atomic E-state index is 12.7. The Morgan fingerprint density at radius 3 is 2.52 bits per heavy atom. The second-order valence-electron chi connectivity index (χ2n) is 7.67. The lowest BCUT2D eigenvalue weighted by atomic mass is 10.1. The first-order valence-electron chi connectivity index (χ1n) is 10.3. The average molecular weight is 507 g/mol. The number of benzene rings is 2. The number of carbonyl (C=O) groups is 1. The summed E-state index contributed by atoms with van der Waals surface area (Å²) >= 11 is 1.60. The molecule has 176 valence electrons. The summed E-state index contributed by atoms with van der Waals surface area (Å²) in [5, 5.41) is 4.83. The molecule has 0 spiro atoms. The van der Waals surface area contributed by atoms with Gasteiger partial charge in [-0.2, -0.15) is 0 Å². The highest BCUT2D eigenvalue weighted by molar-refractivity contribution is 7.91. The van der Waals surface area contributed by atoms with Gasteiger partial charge in [0.2, 0.25) is 7.37 Å². The second kappa shape index (κ2) is 10.7. The smallest absolute Gasteiger partial charge is 0.255 e. The number of hydrogen-bond donors (Lipinski definition) is 2. The van der Waals surface area contributed by atoms with Crippen LogP contribution in [0.5, 0.6) is 0 Å². The van der Waals surface area contributed by atoms with Gasteiger partial charge in [0.25, 0.3) is 5.91 Å². The molecule has 3 N–H and O–H groups in total. The van der Waals surface area contributed by atoms with E-state index in [9.17, 15) is 17.8 Å². The molecule has 33 heavy (non-hydrogen) atoms. The Morgan fingerprint density at radius 1 is 1.15 bits per heavy atom. The van der Waals surface area contributed by atoms with Gasteiger partial charge in [-0.1, -0.05) is 31.2 Å². The number of thiophene rings is 1. The Hall–Kier alpha value is -2.45. The second-order valence-corrected chi connectivity index (χ2v) is 13.7. The van der Waals surface area contributed by atoms with Crippen molar-refractivity contribution >= 4 is 45.8 Å². The lowest BCUT2D eigenvalue weighted by Crippen LogP contribution is -2.14. The summed E-state index contributed by atoms with van der Waals surface area (Å²) in [5.41, 5.74) is 9.17. The molecular formula is C23H27N2O5PS2. The Kier molecular flexibility index (Phi) is 8.13. The fourth-order valence-corrected chi connectivity index (χ4v) is 6.01. The van der Waals surface area contributed by atoms with Crippen LogP contribution >= 0.6 is 18.7 Å². The highest BCUT2D eigenvalue weighted by Crippen LogP contribution is 2.46. The van der Waals surface area contributed by atoms with E-state index in [1.54, 1.807) is 48.6 Å². The highest BCUT2D eigenvalue weighted by Gasteiger charge is 2.19. The van der Waals surface area contributed by atoms with Crippen LogP contribution in [0, 0.1) is 0 Å². The molecule has 0 saturated carbocycles. The Labute approximate surface area is 198 Å². The summed E-state index contributed by atoms with van der Waals surface area (Å²) in [4.78, 5) is 13.8. The molecule has 2 aromatic carbocycles. The lowest BCUT2D eigenvalue weighted by Gasteiger charge is -2.14. The molecule has 0 aliphatic rings. The molecule has 0 bridgehead atoms. The Morgan fingerprint density at radius 2 is 1.88 bits per heavy atom. The van der Waals surface area contributed by atoms with Crippen LogP contribution in [-0.2, 0) is 25.1 Å². The van der Waals surface area contributed by atoms with E-state index >= 15 is 0 Å². The molecule has 1 unspecified atom stereocenters. The van der Waals surface area contributed by atoms with Crippen molar-refractivity contribution in [3.05, 3.63) is 71.1 Å². The van der Waals surface area contributed by atoms with Crippen LogP contribution in [0.2, 0.25) is 0 Å². The molecule has 0 radical (unpaired) electrons. The minimum Gasteiger partial charge on any atom is -0.397 e. The van der Waals surface area contributed by atoms with Crippen LogP contribution in [0.25, 0.3) is 10.4 Å². The summed E-state index contributed by atoms with van der Waals surface area (Å²) in [6, 6.07) is 16.2. The summed E-state index contributed by atoms with van der Waals surface area (Å²) in [7, 11) is -6.19. The van der Waals surface area contributed by atoms with E-state index in [4.69, 9.17) is 10.3 Å². The third-order valence-electron chi connectivity index (χ3n) is 4.99. The van der Waals surface area contributed by atoms with Crippen molar-refractivity contribution in [1.29, 1.82) is 0 Å². The number of nitrogens with one attached hydrogen (secondary N) is 1. The Bertz CT molecular complexity index is 1260. The van der Waals surface area contributed by atoms with Gasteiger partial charge in [-0.05, 0) is 46.8 Å². The maximum Gasteiger partial charge on any atom is 0.255 e. The van der Waals surface area contributed by atoms with Crippen LogP contribution in [0.3, 0.4) is 0 Å². The summed E-state index contributed by atoms with van der Waals surface area (Å²) < 4.78 is 41.2. The zero-order valence-electron chi connectivity index (χ0n) is 18.5. The van der Waals surface area contributed by atoms with Crippen molar-refractivity contribution < 1.29 is 22.3 Å². The van der Waals surface area contributed by atoms with E-state index < -0.39 is 17.2 Å². The number of anilines is 2. The van der Waals surface area contributed by atoms with Crippen LogP contribution in [0.4, 0.5) is 11.4 Å². The summed E-state index contributed by atoms with van der Waals surface area (Å²) in [5.74, 6) is -0.438. The first-order valence-corrected chi connectivity index (χ1v) is 15.3.